The second-order valence-electron chi connectivity index (χ2n) is 3.18. The largest absolute Gasteiger partial charge is 0.453 e. The van der Waals surface area contributed by atoms with Crippen molar-refractivity contribution >= 4 is 13.4 Å². The van der Waals surface area contributed by atoms with E-state index in [1.807, 2.05) is 0 Å². The van der Waals surface area contributed by atoms with E-state index in [0.29, 0.717) is 10.4 Å². The minimum atomic E-state index is -4.50. The van der Waals surface area contributed by atoms with E-state index in [4.69, 9.17) is 14.6 Å². The van der Waals surface area contributed by atoms with Crippen molar-refractivity contribution in [2.45, 2.75) is 0 Å². The number of rotatable bonds is 2. The Labute approximate surface area is 90.9 Å². The lowest BCUT2D eigenvalue weighted by Crippen LogP contribution is -2.13. The van der Waals surface area contributed by atoms with Crippen molar-refractivity contribution in [2.24, 2.45) is 0 Å². The van der Waals surface area contributed by atoms with Crippen LogP contribution in [0.15, 0.2) is 30.3 Å². The molecule has 86 valence electrons. The lowest BCUT2D eigenvalue weighted by atomic mass is 10.1. The Bertz CT molecular complexity index is 467. The molecule has 2 rings (SSSR count). The molecule has 1 aliphatic heterocycles. The molecule has 2 N–H and O–H groups in total. The van der Waals surface area contributed by atoms with E-state index in [1.165, 1.54) is 30.3 Å². The highest BCUT2D eigenvalue weighted by atomic mass is 31.2. The van der Waals surface area contributed by atoms with Gasteiger partial charge in [0.25, 0.3) is 0 Å². The average molecular weight is 245 g/mol. The highest BCUT2D eigenvalue weighted by Gasteiger charge is 2.32. The van der Waals surface area contributed by atoms with Crippen LogP contribution in [0.2, 0.25) is 0 Å². The minimum Gasteiger partial charge on any atom is -0.307 e. The zero-order valence-electron chi connectivity index (χ0n) is 8.08. The van der Waals surface area contributed by atoms with Crippen LogP contribution in [-0.4, -0.2) is 21.2 Å². The molecule has 0 radical (unpaired) electrons. The molecular formula is C9H9FNO4P. The summed E-state index contributed by atoms with van der Waals surface area (Å²) in [5.41, 5.74) is 0.732. The standard InChI is InChI=1S/C9H9FNO4P/c10-8-3-1-7(2-4-8)9-5-6-15-11(9)16(12,13)14/h1-5H,6H2,(H2,12,13,14). The van der Waals surface area contributed by atoms with E-state index in [2.05, 4.69) is 0 Å². The third-order valence-corrected chi connectivity index (χ3v) is 2.86. The van der Waals surface area contributed by atoms with E-state index < -0.39 is 13.6 Å². The molecule has 5 nitrogen and oxygen atoms in total. The van der Waals surface area contributed by atoms with Crippen molar-refractivity contribution in [3.8, 4) is 0 Å². The number of hydrogen-bond acceptors (Lipinski definition) is 2. The summed E-state index contributed by atoms with van der Waals surface area (Å²) in [6.45, 7) is 0.0812. The molecule has 0 amide bonds. The zero-order valence-corrected chi connectivity index (χ0v) is 8.97. The molecule has 7 heteroatoms. The van der Waals surface area contributed by atoms with Gasteiger partial charge in [0, 0.05) is 5.56 Å². The third-order valence-electron chi connectivity index (χ3n) is 2.06. The zero-order chi connectivity index (χ0) is 11.8. The van der Waals surface area contributed by atoms with Crippen molar-refractivity contribution in [3.05, 3.63) is 41.7 Å². The molecule has 0 saturated carbocycles. The van der Waals surface area contributed by atoms with Crippen LogP contribution in [0.25, 0.3) is 5.70 Å². The van der Waals surface area contributed by atoms with Gasteiger partial charge >= 0.3 is 7.75 Å². The smallest absolute Gasteiger partial charge is 0.307 e. The van der Waals surface area contributed by atoms with Gasteiger partial charge in [-0.25, -0.2) is 8.96 Å². The summed E-state index contributed by atoms with van der Waals surface area (Å²) in [5, 5.41) is 0. The van der Waals surface area contributed by atoms with Crippen LogP contribution in [0.4, 0.5) is 4.39 Å². The Morgan fingerprint density at radius 2 is 1.94 bits per heavy atom. The van der Waals surface area contributed by atoms with Crippen molar-refractivity contribution in [1.82, 2.24) is 4.83 Å². The summed E-state index contributed by atoms with van der Waals surface area (Å²) in [5.74, 6) is -0.411. The second-order valence-corrected chi connectivity index (χ2v) is 4.57. The molecule has 1 aliphatic rings. The summed E-state index contributed by atoms with van der Waals surface area (Å²) in [7, 11) is -4.50. The van der Waals surface area contributed by atoms with Crippen LogP contribution in [0, 0.1) is 5.82 Å². The lowest BCUT2D eigenvalue weighted by Gasteiger charge is -2.20. The van der Waals surface area contributed by atoms with Crippen molar-refractivity contribution < 1.29 is 23.6 Å². The van der Waals surface area contributed by atoms with Crippen molar-refractivity contribution in [1.29, 1.82) is 0 Å². The molecule has 0 fully saturated rings. The third kappa shape index (κ3) is 2.15. The van der Waals surface area contributed by atoms with Gasteiger partial charge in [0.2, 0.25) is 0 Å². The highest BCUT2D eigenvalue weighted by molar-refractivity contribution is 7.49. The fraction of sp³-hybridized carbons (Fsp3) is 0.111. The lowest BCUT2D eigenvalue weighted by molar-refractivity contribution is -0.0266. The monoisotopic (exact) mass is 245 g/mol. The number of hydrogen-bond donors (Lipinski definition) is 2. The Hall–Kier alpha value is -1.20. The van der Waals surface area contributed by atoms with Crippen molar-refractivity contribution in [2.75, 3.05) is 6.61 Å². The number of hydroxylamine groups is 1. The Morgan fingerprint density at radius 3 is 2.50 bits per heavy atom. The van der Waals surface area contributed by atoms with Gasteiger partial charge < -0.3 is 9.79 Å². The molecule has 1 heterocycles. The molecule has 0 aromatic heterocycles. The second kappa shape index (κ2) is 3.99. The van der Waals surface area contributed by atoms with E-state index in [-0.39, 0.29) is 12.3 Å². The molecule has 16 heavy (non-hydrogen) atoms. The summed E-state index contributed by atoms with van der Waals surface area (Å²) in [6.07, 6.45) is 1.52. The molecule has 0 aliphatic carbocycles. The Balaban J connectivity index is 2.34. The van der Waals surface area contributed by atoms with E-state index in [0.717, 1.165) is 0 Å². The van der Waals surface area contributed by atoms with E-state index in [9.17, 15) is 8.96 Å². The van der Waals surface area contributed by atoms with Gasteiger partial charge in [0.1, 0.15) is 5.82 Å². The first-order chi connectivity index (χ1) is 7.48. The normalized spacial score (nSPS) is 16.4. The highest BCUT2D eigenvalue weighted by Crippen LogP contribution is 2.47. The predicted molar refractivity (Wildman–Crippen MR) is 54.2 cm³/mol. The van der Waals surface area contributed by atoms with Gasteiger partial charge in [0.05, 0.1) is 12.3 Å². The average Bonchev–Trinajstić information content (AvgIpc) is 2.66. The summed E-state index contributed by atoms with van der Waals surface area (Å²) < 4.78 is 23.8. The fourth-order valence-electron chi connectivity index (χ4n) is 1.40. The van der Waals surface area contributed by atoms with Gasteiger partial charge in [-0.15, -0.1) is 0 Å². The first-order valence-corrected chi connectivity index (χ1v) is 6.00. The topological polar surface area (TPSA) is 70.0 Å². The van der Waals surface area contributed by atoms with Crippen molar-refractivity contribution in [3.63, 3.8) is 0 Å². The quantitative estimate of drug-likeness (QED) is 0.773. The SMILES string of the molecule is O=P(O)(O)N1OCC=C1c1ccc(F)cc1. The molecule has 0 saturated heterocycles. The molecule has 0 spiro atoms. The van der Waals surface area contributed by atoms with Gasteiger partial charge in [0.15, 0.2) is 0 Å². The summed E-state index contributed by atoms with van der Waals surface area (Å²) in [6, 6.07) is 5.29. The van der Waals surface area contributed by atoms with Crippen LogP contribution in [0.5, 0.6) is 0 Å². The van der Waals surface area contributed by atoms with Crippen LogP contribution in [0.3, 0.4) is 0 Å². The Kier molecular flexibility index (Phi) is 2.82. The molecule has 0 bridgehead atoms. The predicted octanol–water partition coefficient (Wildman–Crippen LogP) is 1.51. The van der Waals surface area contributed by atoms with Crippen LogP contribution in [0.1, 0.15) is 5.56 Å². The molecule has 0 atom stereocenters. The van der Waals surface area contributed by atoms with Gasteiger partial charge in [-0.2, -0.15) is 4.83 Å². The fourth-order valence-corrected chi connectivity index (χ4v) is 2.09. The van der Waals surface area contributed by atoms with E-state index in [1.54, 1.807) is 0 Å². The van der Waals surface area contributed by atoms with Crippen LogP contribution >= 0.6 is 7.75 Å². The number of benzene rings is 1. The first kappa shape index (κ1) is 11.3. The Morgan fingerprint density at radius 1 is 1.31 bits per heavy atom. The number of halogens is 1. The molecular weight excluding hydrogens is 236 g/mol. The maximum Gasteiger partial charge on any atom is 0.453 e. The minimum absolute atomic E-state index is 0.0812. The van der Waals surface area contributed by atoms with Crippen LogP contribution in [-0.2, 0) is 9.40 Å². The summed E-state index contributed by atoms with van der Waals surface area (Å²) in [4.78, 5) is 23.3. The van der Waals surface area contributed by atoms with E-state index >= 15 is 0 Å². The van der Waals surface area contributed by atoms with Crippen LogP contribution < -0.4 is 0 Å². The van der Waals surface area contributed by atoms with Gasteiger partial charge in [-0.1, -0.05) is 0 Å². The maximum absolute atomic E-state index is 12.7. The van der Waals surface area contributed by atoms with Gasteiger partial charge in [-0.3, -0.25) is 4.84 Å². The molecule has 1 aromatic rings. The molecule has 0 unspecified atom stereocenters. The maximum atomic E-state index is 12.7. The summed E-state index contributed by atoms with van der Waals surface area (Å²) >= 11 is 0. The number of nitrogens with zero attached hydrogens (tertiary/aromatic N) is 1. The van der Waals surface area contributed by atoms with Gasteiger partial charge in [-0.05, 0) is 30.3 Å². The first-order valence-electron chi connectivity index (χ1n) is 4.43. The molecule has 1 aromatic carbocycles.